The topological polar surface area (TPSA) is 55.2 Å². The molecule has 0 aliphatic rings. The summed E-state index contributed by atoms with van der Waals surface area (Å²) in [5.74, 6) is 0. The molecule has 0 aliphatic heterocycles. The van der Waals surface area contributed by atoms with Gasteiger partial charge in [-0.3, -0.25) is 10.1 Å². The summed E-state index contributed by atoms with van der Waals surface area (Å²) in [6.45, 7) is 4.83. The van der Waals surface area contributed by atoms with Gasteiger partial charge in [-0.05, 0) is 25.5 Å². The van der Waals surface area contributed by atoms with Crippen molar-refractivity contribution < 1.29 is 4.92 Å². The number of rotatable bonds is 6. The highest BCUT2D eigenvalue weighted by Crippen LogP contribution is 2.25. The molecule has 2 aromatic rings. The van der Waals surface area contributed by atoms with E-state index in [1.54, 1.807) is 23.5 Å². The largest absolute Gasteiger partial charge is 0.305 e. The van der Waals surface area contributed by atoms with Crippen molar-refractivity contribution in [1.82, 2.24) is 5.32 Å². The van der Waals surface area contributed by atoms with Crippen LogP contribution in [0.4, 0.5) is 5.69 Å². The first-order chi connectivity index (χ1) is 9.61. The van der Waals surface area contributed by atoms with E-state index in [4.69, 9.17) is 0 Å². The highest BCUT2D eigenvalue weighted by atomic mass is 32.1. The average molecular weight is 290 g/mol. The van der Waals surface area contributed by atoms with Crippen LogP contribution in [0.2, 0.25) is 0 Å². The van der Waals surface area contributed by atoms with Crippen LogP contribution in [0, 0.1) is 10.1 Å². The first kappa shape index (κ1) is 14.7. The van der Waals surface area contributed by atoms with Gasteiger partial charge >= 0.3 is 0 Å². The molecule has 2 rings (SSSR count). The number of benzene rings is 1. The van der Waals surface area contributed by atoms with Crippen LogP contribution in [0.15, 0.2) is 36.4 Å². The van der Waals surface area contributed by atoms with Crippen molar-refractivity contribution >= 4 is 17.0 Å². The molecule has 5 heteroatoms. The number of nitro groups is 1. The molecule has 1 N–H and O–H groups in total. The summed E-state index contributed by atoms with van der Waals surface area (Å²) in [5.41, 5.74) is 0.901. The van der Waals surface area contributed by atoms with Gasteiger partial charge in [0.15, 0.2) is 0 Å². The van der Waals surface area contributed by atoms with Gasteiger partial charge in [0.1, 0.15) is 0 Å². The summed E-state index contributed by atoms with van der Waals surface area (Å²) in [5, 5.41) is 14.4. The maximum absolute atomic E-state index is 11.0. The van der Waals surface area contributed by atoms with Crippen molar-refractivity contribution in [3.63, 3.8) is 0 Å². The molecule has 0 spiro atoms. The van der Waals surface area contributed by atoms with Crippen LogP contribution in [-0.4, -0.2) is 4.92 Å². The second kappa shape index (κ2) is 6.63. The minimum atomic E-state index is -0.326. The number of hydrogen-bond donors (Lipinski definition) is 1. The van der Waals surface area contributed by atoms with E-state index in [0.717, 1.165) is 18.5 Å². The standard InChI is InChI=1S/C15H18N2O2S/c1-3-12-8-9-13(20-12)10-16-11(2)14-6-4-5-7-15(14)17(18)19/h4-9,11,16H,3,10H2,1-2H3. The van der Waals surface area contributed by atoms with E-state index < -0.39 is 0 Å². The van der Waals surface area contributed by atoms with E-state index in [0.29, 0.717) is 0 Å². The zero-order valence-electron chi connectivity index (χ0n) is 11.6. The van der Waals surface area contributed by atoms with Crippen LogP contribution >= 0.6 is 11.3 Å². The lowest BCUT2D eigenvalue weighted by Gasteiger charge is -2.13. The first-order valence-corrected chi connectivity index (χ1v) is 7.47. The van der Waals surface area contributed by atoms with E-state index in [-0.39, 0.29) is 16.7 Å². The fourth-order valence-corrected chi connectivity index (χ4v) is 3.00. The van der Waals surface area contributed by atoms with Gasteiger partial charge in [0.25, 0.3) is 5.69 Å². The monoisotopic (exact) mass is 290 g/mol. The Hall–Kier alpha value is -1.72. The van der Waals surface area contributed by atoms with Gasteiger partial charge in [-0.1, -0.05) is 25.1 Å². The van der Waals surface area contributed by atoms with Crippen molar-refractivity contribution in [2.45, 2.75) is 32.9 Å². The van der Waals surface area contributed by atoms with E-state index in [1.165, 1.54) is 9.75 Å². The number of nitrogens with one attached hydrogen (secondary N) is 1. The SMILES string of the molecule is CCc1ccc(CNC(C)c2ccccc2[N+](=O)[O-])s1. The molecule has 0 radical (unpaired) electrons. The van der Waals surface area contributed by atoms with Crippen LogP contribution < -0.4 is 5.32 Å². The molecule has 0 saturated carbocycles. The van der Waals surface area contributed by atoms with Gasteiger partial charge in [0, 0.05) is 34.0 Å². The lowest BCUT2D eigenvalue weighted by atomic mass is 10.1. The van der Waals surface area contributed by atoms with E-state index in [2.05, 4.69) is 24.4 Å². The summed E-state index contributed by atoms with van der Waals surface area (Å²) >= 11 is 1.78. The minimum absolute atomic E-state index is 0.0521. The molecule has 4 nitrogen and oxygen atoms in total. The highest BCUT2D eigenvalue weighted by molar-refractivity contribution is 7.11. The van der Waals surface area contributed by atoms with Crippen LogP contribution in [-0.2, 0) is 13.0 Å². The second-order valence-corrected chi connectivity index (χ2v) is 5.89. The van der Waals surface area contributed by atoms with Crippen molar-refractivity contribution in [2.75, 3.05) is 0 Å². The van der Waals surface area contributed by atoms with Crippen molar-refractivity contribution in [2.24, 2.45) is 0 Å². The van der Waals surface area contributed by atoms with Gasteiger partial charge in [-0.15, -0.1) is 11.3 Å². The number of nitrogens with zero attached hydrogens (tertiary/aromatic N) is 1. The Morgan fingerprint density at radius 2 is 1.95 bits per heavy atom. The molecule has 20 heavy (non-hydrogen) atoms. The summed E-state index contributed by atoms with van der Waals surface area (Å²) < 4.78 is 0. The molecule has 106 valence electrons. The van der Waals surface area contributed by atoms with Crippen molar-refractivity contribution in [1.29, 1.82) is 0 Å². The summed E-state index contributed by atoms with van der Waals surface area (Å²) in [7, 11) is 0. The maximum atomic E-state index is 11.0. The van der Waals surface area contributed by atoms with Crippen LogP contribution in [0.5, 0.6) is 0 Å². The van der Waals surface area contributed by atoms with Gasteiger partial charge < -0.3 is 5.32 Å². The normalized spacial score (nSPS) is 12.3. The maximum Gasteiger partial charge on any atom is 0.274 e. The van der Waals surface area contributed by atoms with E-state index in [1.807, 2.05) is 19.1 Å². The number of nitro benzene ring substituents is 1. The number of thiophene rings is 1. The fraction of sp³-hybridized carbons (Fsp3) is 0.333. The number of para-hydroxylation sites is 1. The predicted molar refractivity (Wildman–Crippen MR) is 82.0 cm³/mol. The highest BCUT2D eigenvalue weighted by Gasteiger charge is 2.17. The molecular weight excluding hydrogens is 272 g/mol. The molecule has 1 heterocycles. The third-order valence-electron chi connectivity index (χ3n) is 3.25. The quantitative estimate of drug-likeness (QED) is 0.644. The van der Waals surface area contributed by atoms with Gasteiger partial charge in [-0.25, -0.2) is 0 Å². The second-order valence-electron chi connectivity index (χ2n) is 4.64. The Bertz CT molecular complexity index is 595. The van der Waals surface area contributed by atoms with Crippen LogP contribution in [0.25, 0.3) is 0 Å². The summed E-state index contributed by atoms with van der Waals surface area (Å²) in [6, 6.07) is 11.1. The van der Waals surface area contributed by atoms with E-state index in [9.17, 15) is 10.1 Å². The zero-order chi connectivity index (χ0) is 14.5. The third-order valence-corrected chi connectivity index (χ3v) is 4.48. The van der Waals surface area contributed by atoms with Crippen molar-refractivity contribution in [3.05, 3.63) is 61.8 Å². The fourth-order valence-electron chi connectivity index (χ4n) is 2.09. The lowest BCUT2D eigenvalue weighted by molar-refractivity contribution is -0.385. The van der Waals surface area contributed by atoms with Gasteiger partial charge in [0.05, 0.1) is 4.92 Å². The molecule has 0 fully saturated rings. The van der Waals surface area contributed by atoms with E-state index >= 15 is 0 Å². The smallest absolute Gasteiger partial charge is 0.274 e. The van der Waals surface area contributed by atoms with Crippen LogP contribution in [0.3, 0.4) is 0 Å². The molecule has 0 saturated heterocycles. The van der Waals surface area contributed by atoms with Gasteiger partial charge in [0.2, 0.25) is 0 Å². The molecular formula is C15H18N2O2S. The Labute approximate surface area is 122 Å². The zero-order valence-corrected chi connectivity index (χ0v) is 12.4. The molecule has 1 unspecified atom stereocenters. The molecule has 0 aliphatic carbocycles. The Balaban J connectivity index is 2.05. The first-order valence-electron chi connectivity index (χ1n) is 6.66. The average Bonchev–Trinajstić information content (AvgIpc) is 2.92. The Kier molecular flexibility index (Phi) is 4.87. The molecule has 1 aromatic carbocycles. The van der Waals surface area contributed by atoms with Crippen molar-refractivity contribution in [3.8, 4) is 0 Å². The Morgan fingerprint density at radius 1 is 1.25 bits per heavy atom. The number of hydrogen-bond acceptors (Lipinski definition) is 4. The Morgan fingerprint density at radius 3 is 2.60 bits per heavy atom. The molecule has 0 bridgehead atoms. The third kappa shape index (κ3) is 3.43. The molecule has 0 amide bonds. The molecule has 1 atom stereocenters. The molecule has 1 aromatic heterocycles. The number of aryl methyl sites for hydroxylation is 1. The van der Waals surface area contributed by atoms with Crippen LogP contribution in [0.1, 0.15) is 35.2 Å². The lowest BCUT2D eigenvalue weighted by Crippen LogP contribution is -2.18. The predicted octanol–water partition coefficient (Wildman–Crippen LogP) is 4.07. The van der Waals surface area contributed by atoms with Gasteiger partial charge in [-0.2, -0.15) is 0 Å². The minimum Gasteiger partial charge on any atom is -0.305 e. The summed E-state index contributed by atoms with van der Waals surface area (Å²) in [6.07, 6.45) is 1.05. The summed E-state index contributed by atoms with van der Waals surface area (Å²) in [4.78, 5) is 13.3.